The number of piperidine rings is 1. The molecule has 1 unspecified atom stereocenters. The number of hydrogen-bond donors (Lipinski definition) is 1. The van der Waals surface area contributed by atoms with E-state index in [1.165, 1.54) is 36.0 Å². The van der Waals surface area contributed by atoms with Crippen molar-refractivity contribution in [3.8, 4) is 0 Å². The summed E-state index contributed by atoms with van der Waals surface area (Å²) in [6.07, 6.45) is 5.71. The van der Waals surface area contributed by atoms with Crippen molar-refractivity contribution in [2.75, 3.05) is 6.54 Å². The monoisotopic (exact) mass is 287 g/mol. The van der Waals surface area contributed by atoms with Crippen LogP contribution in [0, 0.1) is 5.41 Å². The molecule has 1 saturated heterocycles. The molecule has 1 aromatic carbocycles. The van der Waals surface area contributed by atoms with E-state index in [1.807, 2.05) is 0 Å². The van der Waals surface area contributed by atoms with E-state index in [4.69, 9.17) is 0 Å². The minimum Gasteiger partial charge on any atom is -0.480 e. The first kappa shape index (κ1) is 14.6. The van der Waals surface area contributed by atoms with Gasteiger partial charge in [0.2, 0.25) is 0 Å². The largest absolute Gasteiger partial charge is 0.480 e. The predicted octanol–water partition coefficient (Wildman–Crippen LogP) is 3.25. The minimum atomic E-state index is -0.680. The zero-order chi connectivity index (χ0) is 15.0. The van der Waals surface area contributed by atoms with Crippen molar-refractivity contribution < 1.29 is 9.90 Å². The molecule has 0 aromatic heterocycles. The van der Waals surface area contributed by atoms with Gasteiger partial charge in [0, 0.05) is 6.54 Å². The van der Waals surface area contributed by atoms with Gasteiger partial charge in [-0.15, -0.1) is 0 Å². The molecule has 1 aromatic rings. The van der Waals surface area contributed by atoms with Gasteiger partial charge in [-0.05, 0) is 60.8 Å². The number of fused-ring (bicyclic) bond motifs is 1. The Morgan fingerprint density at radius 3 is 2.81 bits per heavy atom. The first-order valence-corrected chi connectivity index (χ1v) is 8.05. The first-order chi connectivity index (χ1) is 9.97. The fourth-order valence-corrected chi connectivity index (χ4v) is 4.12. The van der Waals surface area contributed by atoms with Crippen LogP contribution in [0.4, 0.5) is 0 Å². The topological polar surface area (TPSA) is 40.5 Å². The number of nitrogens with zero attached hydrogens (tertiary/aromatic N) is 1. The number of benzene rings is 1. The SMILES string of the molecule is CC1(C)CCCN(Cc2ccc3c(c2)CCC3)C1C(=O)O. The molecule has 0 spiro atoms. The molecule has 3 nitrogen and oxygen atoms in total. The van der Waals surface area contributed by atoms with E-state index in [9.17, 15) is 9.90 Å². The molecule has 3 heteroatoms. The first-order valence-electron chi connectivity index (χ1n) is 8.05. The fraction of sp³-hybridized carbons (Fsp3) is 0.611. The summed E-state index contributed by atoms with van der Waals surface area (Å²) in [5.41, 5.74) is 4.06. The lowest BCUT2D eigenvalue weighted by atomic mass is 9.76. The molecule has 1 fully saturated rings. The van der Waals surface area contributed by atoms with Crippen LogP contribution in [0.3, 0.4) is 0 Å². The molecule has 1 heterocycles. The molecule has 0 radical (unpaired) electrons. The Morgan fingerprint density at radius 2 is 2.05 bits per heavy atom. The number of rotatable bonds is 3. The van der Waals surface area contributed by atoms with Gasteiger partial charge in [-0.1, -0.05) is 32.0 Å². The van der Waals surface area contributed by atoms with E-state index < -0.39 is 5.97 Å². The van der Waals surface area contributed by atoms with Crippen molar-refractivity contribution in [3.05, 3.63) is 34.9 Å². The van der Waals surface area contributed by atoms with Crippen molar-refractivity contribution in [2.45, 2.75) is 58.5 Å². The number of aryl methyl sites for hydroxylation is 2. The second kappa shape index (κ2) is 5.45. The molecule has 1 N–H and O–H groups in total. The van der Waals surface area contributed by atoms with E-state index in [0.717, 1.165) is 25.9 Å². The van der Waals surface area contributed by atoms with Crippen LogP contribution in [0.5, 0.6) is 0 Å². The Kier molecular flexibility index (Phi) is 3.78. The van der Waals surface area contributed by atoms with E-state index in [2.05, 4.69) is 36.9 Å². The molecule has 0 bridgehead atoms. The van der Waals surface area contributed by atoms with Crippen molar-refractivity contribution >= 4 is 5.97 Å². The zero-order valence-corrected chi connectivity index (χ0v) is 13.1. The van der Waals surface area contributed by atoms with Gasteiger partial charge in [-0.25, -0.2) is 0 Å². The normalized spacial score (nSPS) is 24.8. The summed E-state index contributed by atoms with van der Waals surface area (Å²) in [6.45, 7) is 5.81. The number of aliphatic carboxylic acids is 1. The maximum atomic E-state index is 11.7. The Labute approximate surface area is 127 Å². The molecular weight excluding hydrogens is 262 g/mol. The van der Waals surface area contributed by atoms with Gasteiger partial charge in [-0.2, -0.15) is 0 Å². The van der Waals surface area contributed by atoms with Crippen LogP contribution in [-0.2, 0) is 24.2 Å². The van der Waals surface area contributed by atoms with E-state index >= 15 is 0 Å². The lowest BCUT2D eigenvalue weighted by molar-refractivity contribution is -0.151. The Balaban J connectivity index is 1.81. The highest BCUT2D eigenvalue weighted by Gasteiger charge is 2.42. The molecule has 0 amide bonds. The van der Waals surface area contributed by atoms with Gasteiger partial charge < -0.3 is 5.11 Å². The lowest BCUT2D eigenvalue weighted by Crippen LogP contribution is -2.53. The number of likely N-dealkylation sites (tertiary alicyclic amines) is 1. The second-order valence-electron chi connectivity index (χ2n) is 7.26. The van der Waals surface area contributed by atoms with E-state index in [1.54, 1.807) is 0 Å². The van der Waals surface area contributed by atoms with Crippen LogP contribution in [0.15, 0.2) is 18.2 Å². The summed E-state index contributed by atoms with van der Waals surface area (Å²) in [5, 5.41) is 9.64. The van der Waals surface area contributed by atoms with Crippen LogP contribution in [0.2, 0.25) is 0 Å². The number of carbonyl (C=O) groups is 1. The highest BCUT2D eigenvalue weighted by molar-refractivity contribution is 5.74. The van der Waals surface area contributed by atoms with Crippen molar-refractivity contribution in [2.24, 2.45) is 5.41 Å². The van der Waals surface area contributed by atoms with Crippen LogP contribution < -0.4 is 0 Å². The number of carboxylic acids is 1. The molecule has 1 atom stereocenters. The lowest BCUT2D eigenvalue weighted by Gasteiger charge is -2.44. The third-order valence-electron chi connectivity index (χ3n) is 5.15. The predicted molar refractivity (Wildman–Crippen MR) is 83.3 cm³/mol. The average molecular weight is 287 g/mol. The molecule has 0 saturated carbocycles. The third kappa shape index (κ3) is 2.84. The summed E-state index contributed by atoms with van der Waals surface area (Å²) >= 11 is 0. The maximum Gasteiger partial charge on any atom is 0.321 e. The summed E-state index contributed by atoms with van der Waals surface area (Å²) in [4.78, 5) is 13.9. The van der Waals surface area contributed by atoms with Crippen LogP contribution in [0.25, 0.3) is 0 Å². The van der Waals surface area contributed by atoms with Crippen LogP contribution in [0.1, 0.15) is 49.8 Å². The Morgan fingerprint density at radius 1 is 1.29 bits per heavy atom. The van der Waals surface area contributed by atoms with Gasteiger partial charge in [0.05, 0.1) is 0 Å². The molecule has 2 aliphatic rings. The highest BCUT2D eigenvalue weighted by atomic mass is 16.4. The van der Waals surface area contributed by atoms with Gasteiger partial charge >= 0.3 is 5.97 Å². The molecule has 1 aliphatic carbocycles. The second-order valence-corrected chi connectivity index (χ2v) is 7.26. The highest BCUT2D eigenvalue weighted by Crippen LogP contribution is 2.36. The third-order valence-corrected chi connectivity index (χ3v) is 5.15. The molecule has 21 heavy (non-hydrogen) atoms. The van der Waals surface area contributed by atoms with Crippen molar-refractivity contribution in [1.29, 1.82) is 0 Å². The average Bonchev–Trinajstić information content (AvgIpc) is 2.84. The molecule has 114 valence electrons. The molecule has 1 aliphatic heterocycles. The van der Waals surface area contributed by atoms with E-state index in [0.29, 0.717) is 0 Å². The van der Waals surface area contributed by atoms with Gasteiger partial charge in [0.1, 0.15) is 6.04 Å². The Hall–Kier alpha value is -1.35. The minimum absolute atomic E-state index is 0.152. The molecule has 3 rings (SSSR count). The van der Waals surface area contributed by atoms with Crippen molar-refractivity contribution in [3.63, 3.8) is 0 Å². The molecular formula is C18H25NO2. The Bertz CT molecular complexity index is 550. The van der Waals surface area contributed by atoms with Gasteiger partial charge in [0.15, 0.2) is 0 Å². The smallest absolute Gasteiger partial charge is 0.321 e. The summed E-state index contributed by atoms with van der Waals surface area (Å²) in [7, 11) is 0. The van der Waals surface area contributed by atoms with Crippen molar-refractivity contribution in [1.82, 2.24) is 4.90 Å². The standard InChI is InChI=1S/C18H25NO2/c1-18(2)9-4-10-19(16(18)17(20)21)12-13-7-8-14-5-3-6-15(14)11-13/h7-8,11,16H,3-6,9-10,12H2,1-2H3,(H,20,21). The quantitative estimate of drug-likeness (QED) is 0.927. The van der Waals surface area contributed by atoms with Crippen LogP contribution in [-0.4, -0.2) is 28.6 Å². The van der Waals surface area contributed by atoms with Gasteiger partial charge in [0.25, 0.3) is 0 Å². The fourth-order valence-electron chi connectivity index (χ4n) is 4.12. The summed E-state index contributed by atoms with van der Waals surface area (Å²) < 4.78 is 0. The van der Waals surface area contributed by atoms with Crippen LogP contribution >= 0.6 is 0 Å². The number of carboxylic acid groups (broad SMARTS) is 1. The maximum absolute atomic E-state index is 11.7. The number of hydrogen-bond acceptors (Lipinski definition) is 2. The summed E-state index contributed by atoms with van der Waals surface area (Å²) in [5.74, 6) is -0.680. The van der Waals surface area contributed by atoms with Gasteiger partial charge in [-0.3, -0.25) is 9.69 Å². The van der Waals surface area contributed by atoms with E-state index in [-0.39, 0.29) is 11.5 Å². The summed E-state index contributed by atoms with van der Waals surface area (Å²) in [6, 6.07) is 6.34. The zero-order valence-electron chi connectivity index (χ0n) is 13.1.